The van der Waals surface area contributed by atoms with E-state index in [0.29, 0.717) is 16.3 Å². The smallest absolute Gasteiger partial charge is 0.251 e. The molecule has 0 aliphatic heterocycles. The van der Waals surface area contributed by atoms with Gasteiger partial charge in [-0.05, 0) is 62.9 Å². The molecule has 1 aromatic heterocycles. The SMILES string of the molecule is Cc1nc(SCC(=O)Nc2cccc(S(=O)(=O)NC3CC3)c2)c(C(N)=O)c(C)c1C. The van der Waals surface area contributed by atoms with Crippen molar-refractivity contribution in [2.75, 3.05) is 11.1 Å². The van der Waals surface area contributed by atoms with Gasteiger partial charge in [0.1, 0.15) is 5.03 Å². The summed E-state index contributed by atoms with van der Waals surface area (Å²) in [5.41, 5.74) is 8.59. The van der Waals surface area contributed by atoms with E-state index in [2.05, 4.69) is 15.0 Å². The van der Waals surface area contributed by atoms with Gasteiger partial charge in [-0.1, -0.05) is 17.8 Å². The van der Waals surface area contributed by atoms with Crippen LogP contribution in [0.15, 0.2) is 34.2 Å². The topological polar surface area (TPSA) is 131 Å². The molecule has 4 N–H and O–H groups in total. The van der Waals surface area contributed by atoms with E-state index in [1.54, 1.807) is 19.1 Å². The molecule has 0 saturated heterocycles. The van der Waals surface area contributed by atoms with E-state index in [1.807, 2.05) is 13.8 Å². The Morgan fingerprint density at radius 1 is 1.20 bits per heavy atom. The number of aromatic nitrogens is 1. The average Bonchev–Trinajstić information content (AvgIpc) is 3.47. The highest BCUT2D eigenvalue weighted by molar-refractivity contribution is 8.00. The molecule has 8 nitrogen and oxygen atoms in total. The zero-order valence-corrected chi connectivity index (χ0v) is 18.6. The summed E-state index contributed by atoms with van der Waals surface area (Å²) in [5.74, 6) is -0.947. The van der Waals surface area contributed by atoms with E-state index in [1.165, 1.54) is 12.1 Å². The lowest BCUT2D eigenvalue weighted by atomic mass is 10.0. The van der Waals surface area contributed by atoms with Gasteiger partial charge in [0.15, 0.2) is 0 Å². The first-order valence-corrected chi connectivity index (χ1v) is 11.9. The molecule has 1 heterocycles. The van der Waals surface area contributed by atoms with Gasteiger partial charge in [-0.3, -0.25) is 9.59 Å². The summed E-state index contributed by atoms with van der Waals surface area (Å²) in [4.78, 5) is 28.8. The van der Waals surface area contributed by atoms with Crippen molar-refractivity contribution in [2.45, 2.75) is 49.6 Å². The number of primary amides is 1. The molecule has 1 fully saturated rings. The summed E-state index contributed by atoms with van der Waals surface area (Å²) < 4.78 is 27.3. The summed E-state index contributed by atoms with van der Waals surface area (Å²) in [6.07, 6.45) is 1.68. The summed E-state index contributed by atoms with van der Waals surface area (Å²) >= 11 is 1.11. The Balaban J connectivity index is 1.70. The summed E-state index contributed by atoms with van der Waals surface area (Å²) in [7, 11) is -3.61. The van der Waals surface area contributed by atoms with Crippen LogP contribution < -0.4 is 15.8 Å². The van der Waals surface area contributed by atoms with Gasteiger partial charge < -0.3 is 11.1 Å². The number of aryl methyl sites for hydroxylation is 1. The molecule has 3 rings (SSSR count). The van der Waals surface area contributed by atoms with Gasteiger partial charge in [0.05, 0.1) is 16.2 Å². The Bertz CT molecular complexity index is 1110. The van der Waals surface area contributed by atoms with Crippen LogP contribution in [0.2, 0.25) is 0 Å². The highest BCUT2D eigenvalue weighted by Crippen LogP contribution is 2.27. The number of amides is 2. The molecule has 2 amide bonds. The lowest BCUT2D eigenvalue weighted by Gasteiger charge is -2.13. The Morgan fingerprint density at radius 2 is 1.90 bits per heavy atom. The van der Waals surface area contributed by atoms with Crippen molar-refractivity contribution in [2.24, 2.45) is 5.73 Å². The number of sulfonamides is 1. The van der Waals surface area contributed by atoms with Crippen LogP contribution in [0.1, 0.15) is 40.0 Å². The van der Waals surface area contributed by atoms with E-state index in [9.17, 15) is 18.0 Å². The number of anilines is 1. The van der Waals surface area contributed by atoms with E-state index >= 15 is 0 Å². The zero-order chi connectivity index (χ0) is 22.1. The second-order valence-electron chi connectivity index (χ2n) is 7.25. The first-order valence-electron chi connectivity index (χ1n) is 9.41. The van der Waals surface area contributed by atoms with Crippen molar-refractivity contribution in [3.05, 3.63) is 46.6 Å². The molecular formula is C20H24N4O4S2. The molecule has 0 atom stereocenters. The summed E-state index contributed by atoms with van der Waals surface area (Å²) in [5, 5.41) is 3.09. The minimum atomic E-state index is -3.61. The molecule has 0 spiro atoms. The van der Waals surface area contributed by atoms with E-state index < -0.39 is 15.9 Å². The molecule has 30 heavy (non-hydrogen) atoms. The van der Waals surface area contributed by atoms with Crippen LogP contribution in [0.25, 0.3) is 0 Å². The Hall–Kier alpha value is -2.43. The second kappa shape index (κ2) is 8.75. The quantitative estimate of drug-likeness (QED) is 0.531. The van der Waals surface area contributed by atoms with Crippen LogP contribution >= 0.6 is 11.8 Å². The minimum Gasteiger partial charge on any atom is -0.366 e. The molecule has 1 aromatic carbocycles. The Labute approximate surface area is 180 Å². The molecule has 160 valence electrons. The molecular weight excluding hydrogens is 424 g/mol. The number of carbonyl (C=O) groups is 2. The first-order chi connectivity index (χ1) is 14.1. The van der Waals surface area contributed by atoms with E-state index in [-0.39, 0.29) is 22.6 Å². The predicted octanol–water partition coefficient (Wildman–Crippen LogP) is 2.28. The van der Waals surface area contributed by atoms with Crippen molar-refractivity contribution in [3.63, 3.8) is 0 Å². The lowest BCUT2D eigenvalue weighted by molar-refractivity contribution is -0.113. The molecule has 2 aromatic rings. The maximum absolute atomic E-state index is 12.4. The minimum absolute atomic E-state index is 0.00183. The van der Waals surface area contributed by atoms with Gasteiger partial charge in [0.2, 0.25) is 15.9 Å². The molecule has 1 aliphatic rings. The van der Waals surface area contributed by atoms with E-state index in [0.717, 1.165) is 41.4 Å². The number of thioether (sulfide) groups is 1. The fraction of sp³-hybridized carbons (Fsp3) is 0.350. The highest BCUT2D eigenvalue weighted by Gasteiger charge is 2.28. The lowest BCUT2D eigenvalue weighted by Crippen LogP contribution is -2.25. The van der Waals surface area contributed by atoms with Crippen LogP contribution in [0.4, 0.5) is 5.69 Å². The molecule has 0 radical (unpaired) electrons. The number of hydrogen-bond acceptors (Lipinski definition) is 6. The van der Waals surface area contributed by atoms with Crippen LogP contribution in [0, 0.1) is 20.8 Å². The first kappa shape index (κ1) is 22.3. The monoisotopic (exact) mass is 448 g/mol. The van der Waals surface area contributed by atoms with E-state index in [4.69, 9.17) is 5.73 Å². The third-order valence-electron chi connectivity index (χ3n) is 4.88. The van der Waals surface area contributed by atoms with Crippen molar-refractivity contribution in [1.82, 2.24) is 9.71 Å². The molecule has 0 bridgehead atoms. The summed E-state index contributed by atoms with van der Waals surface area (Å²) in [6, 6.07) is 6.09. The van der Waals surface area contributed by atoms with Gasteiger partial charge >= 0.3 is 0 Å². The van der Waals surface area contributed by atoms with Gasteiger partial charge in [0.25, 0.3) is 5.91 Å². The standard InChI is InChI=1S/C20H24N4O4S2/c1-11-12(2)18(19(21)26)20(22-13(11)3)29-10-17(25)23-15-5-4-6-16(9-15)30(27,28)24-14-7-8-14/h4-6,9,14,24H,7-8,10H2,1-3H3,(H2,21,26)(H,23,25). The number of nitrogens with zero attached hydrogens (tertiary/aromatic N) is 1. The van der Waals surface area contributed by atoms with Crippen LogP contribution in [0.3, 0.4) is 0 Å². The van der Waals surface area contributed by atoms with Gasteiger partial charge in [-0.15, -0.1) is 0 Å². The predicted molar refractivity (Wildman–Crippen MR) is 116 cm³/mol. The third-order valence-corrected chi connectivity index (χ3v) is 7.37. The average molecular weight is 449 g/mol. The Kier molecular flexibility index (Phi) is 6.49. The van der Waals surface area contributed by atoms with Crippen molar-refractivity contribution in [3.8, 4) is 0 Å². The number of rotatable bonds is 8. The number of nitrogens with one attached hydrogen (secondary N) is 2. The maximum Gasteiger partial charge on any atom is 0.251 e. The fourth-order valence-electron chi connectivity index (χ4n) is 2.87. The number of pyridine rings is 1. The zero-order valence-electron chi connectivity index (χ0n) is 17.0. The highest BCUT2D eigenvalue weighted by atomic mass is 32.2. The van der Waals surface area contributed by atoms with Crippen LogP contribution in [0.5, 0.6) is 0 Å². The third kappa shape index (κ3) is 5.18. The normalized spacial score (nSPS) is 13.8. The largest absolute Gasteiger partial charge is 0.366 e. The Morgan fingerprint density at radius 3 is 2.53 bits per heavy atom. The number of benzene rings is 1. The molecule has 1 aliphatic carbocycles. The van der Waals surface area contributed by atoms with Crippen molar-refractivity contribution >= 4 is 39.3 Å². The van der Waals surface area contributed by atoms with Gasteiger partial charge in [-0.2, -0.15) is 0 Å². The summed E-state index contributed by atoms with van der Waals surface area (Å²) in [6.45, 7) is 5.50. The number of hydrogen-bond donors (Lipinski definition) is 3. The maximum atomic E-state index is 12.4. The second-order valence-corrected chi connectivity index (χ2v) is 9.93. The van der Waals surface area contributed by atoms with Crippen molar-refractivity contribution in [1.29, 1.82) is 0 Å². The van der Waals surface area contributed by atoms with Crippen molar-refractivity contribution < 1.29 is 18.0 Å². The number of nitrogens with two attached hydrogens (primary N) is 1. The number of carbonyl (C=O) groups excluding carboxylic acids is 2. The molecule has 1 saturated carbocycles. The van der Waals surface area contributed by atoms with Crippen LogP contribution in [-0.4, -0.2) is 37.0 Å². The van der Waals surface area contributed by atoms with Crippen LogP contribution in [-0.2, 0) is 14.8 Å². The molecule has 0 unspecified atom stereocenters. The van der Waals surface area contributed by atoms with Gasteiger partial charge in [-0.25, -0.2) is 18.1 Å². The van der Waals surface area contributed by atoms with Gasteiger partial charge in [0, 0.05) is 17.4 Å². The fourth-order valence-corrected chi connectivity index (χ4v) is 5.16. The molecule has 10 heteroatoms.